The molecular weight excluding hydrogens is 492 g/mol. The quantitative estimate of drug-likeness (QED) is 0.658. The first-order valence-corrected chi connectivity index (χ1v) is 14.2. The van der Waals surface area contributed by atoms with Crippen LogP contribution in [0.5, 0.6) is 0 Å². The number of thiophene rings is 1. The smallest absolute Gasteiger partial charge is 0.264 e. The molecule has 0 saturated carbocycles. The summed E-state index contributed by atoms with van der Waals surface area (Å²) in [4.78, 5) is 47.8. The van der Waals surface area contributed by atoms with Gasteiger partial charge in [0.1, 0.15) is 6.04 Å². The van der Waals surface area contributed by atoms with Gasteiger partial charge in [-0.1, -0.05) is 17.7 Å². The number of fused-ring (bicyclic) bond motifs is 1. The number of amides is 3. The molecule has 2 unspecified atom stereocenters. The highest BCUT2D eigenvalue weighted by Crippen LogP contribution is 2.35. The molecule has 2 saturated heterocycles. The molecule has 0 bridgehead atoms. The van der Waals surface area contributed by atoms with E-state index in [1.54, 1.807) is 16.2 Å². The van der Waals surface area contributed by atoms with E-state index < -0.39 is 6.04 Å². The Morgan fingerprint density at radius 3 is 2.62 bits per heavy atom. The van der Waals surface area contributed by atoms with Crippen molar-refractivity contribution in [3.8, 4) is 0 Å². The molecule has 0 aromatic carbocycles. The first-order valence-electron chi connectivity index (χ1n) is 12.1. The number of carbonyl (C=O) groups excluding carboxylic acids is 3. The second-order valence-corrected chi connectivity index (χ2v) is 12.7. The summed E-state index contributed by atoms with van der Waals surface area (Å²) in [6, 6.07) is 1.27. The van der Waals surface area contributed by atoms with E-state index in [-0.39, 0.29) is 29.0 Å². The molecule has 3 atom stereocenters. The first-order chi connectivity index (χ1) is 16.4. The summed E-state index contributed by atoms with van der Waals surface area (Å²) in [7, 11) is 2.13. The summed E-state index contributed by atoms with van der Waals surface area (Å²) >= 11 is 8.97. The molecule has 34 heavy (non-hydrogen) atoms. The molecule has 5 heterocycles. The van der Waals surface area contributed by atoms with Gasteiger partial charge in [0.25, 0.3) is 5.91 Å². The zero-order chi connectivity index (χ0) is 23.8. The third-order valence-corrected chi connectivity index (χ3v) is 9.97. The van der Waals surface area contributed by atoms with Crippen molar-refractivity contribution in [2.45, 2.75) is 55.9 Å². The summed E-state index contributed by atoms with van der Waals surface area (Å²) in [6.45, 7) is 3.84. The van der Waals surface area contributed by atoms with Crippen LogP contribution >= 0.6 is 34.7 Å². The number of rotatable bonds is 4. The Hall–Kier alpha value is -1.55. The van der Waals surface area contributed by atoms with Gasteiger partial charge in [0, 0.05) is 43.6 Å². The summed E-state index contributed by atoms with van der Waals surface area (Å²) in [5.41, 5.74) is 1.26. The SMILES string of the molecule is CN1CCc2cc(C(=O)N3C[C@H](NC(=O)C4CC=C(Cl)S4)CC3C(=O)N3CCCC3)sc2CC1. The maximum Gasteiger partial charge on any atom is 0.264 e. The van der Waals surface area contributed by atoms with Crippen LogP contribution in [0.2, 0.25) is 0 Å². The average Bonchev–Trinajstić information content (AvgIpc) is 3.61. The van der Waals surface area contributed by atoms with Crippen molar-refractivity contribution in [3.63, 3.8) is 0 Å². The number of nitrogens with zero attached hydrogens (tertiary/aromatic N) is 3. The van der Waals surface area contributed by atoms with Crippen LogP contribution in [0.15, 0.2) is 16.5 Å². The van der Waals surface area contributed by atoms with Crippen LogP contribution < -0.4 is 5.32 Å². The van der Waals surface area contributed by atoms with E-state index in [2.05, 4.69) is 17.3 Å². The van der Waals surface area contributed by atoms with Crippen molar-refractivity contribution in [2.75, 3.05) is 39.8 Å². The Labute approximate surface area is 213 Å². The number of hydrogen-bond donors (Lipinski definition) is 1. The molecule has 184 valence electrons. The number of likely N-dealkylation sites (N-methyl/N-ethyl adjacent to an activating group) is 1. The van der Waals surface area contributed by atoms with Gasteiger partial charge in [0.2, 0.25) is 11.8 Å². The molecule has 5 rings (SSSR count). The van der Waals surface area contributed by atoms with E-state index in [9.17, 15) is 14.4 Å². The normalized spacial score (nSPS) is 27.5. The van der Waals surface area contributed by atoms with E-state index >= 15 is 0 Å². The van der Waals surface area contributed by atoms with Gasteiger partial charge in [-0.2, -0.15) is 0 Å². The lowest BCUT2D eigenvalue weighted by Crippen LogP contribution is -2.46. The Kier molecular flexibility index (Phi) is 7.25. The zero-order valence-electron chi connectivity index (χ0n) is 19.4. The fourth-order valence-electron chi connectivity index (χ4n) is 5.29. The average molecular weight is 523 g/mol. The van der Waals surface area contributed by atoms with Crippen molar-refractivity contribution in [1.82, 2.24) is 20.0 Å². The lowest BCUT2D eigenvalue weighted by atomic mass is 10.1. The van der Waals surface area contributed by atoms with Gasteiger partial charge < -0.3 is 20.0 Å². The topological polar surface area (TPSA) is 73.0 Å². The molecule has 3 amide bonds. The summed E-state index contributed by atoms with van der Waals surface area (Å²) in [5.74, 6) is -0.140. The lowest BCUT2D eigenvalue weighted by Gasteiger charge is -2.27. The van der Waals surface area contributed by atoms with Crippen LogP contribution in [0.3, 0.4) is 0 Å². The Morgan fingerprint density at radius 2 is 1.88 bits per heavy atom. The van der Waals surface area contributed by atoms with Crippen LogP contribution in [0.1, 0.15) is 45.8 Å². The highest BCUT2D eigenvalue weighted by Gasteiger charge is 2.43. The summed E-state index contributed by atoms with van der Waals surface area (Å²) in [6.07, 6.45) is 6.84. The Morgan fingerprint density at radius 1 is 1.12 bits per heavy atom. The van der Waals surface area contributed by atoms with Crippen molar-refractivity contribution in [1.29, 1.82) is 0 Å². The van der Waals surface area contributed by atoms with Crippen LogP contribution in [0.25, 0.3) is 0 Å². The number of halogens is 1. The second kappa shape index (κ2) is 10.2. The number of nitrogens with one attached hydrogen (secondary N) is 1. The maximum atomic E-state index is 13.7. The first kappa shape index (κ1) is 24.2. The van der Waals surface area contributed by atoms with E-state index in [1.807, 2.05) is 17.0 Å². The van der Waals surface area contributed by atoms with Gasteiger partial charge in [0.15, 0.2) is 0 Å². The predicted molar refractivity (Wildman–Crippen MR) is 136 cm³/mol. The monoisotopic (exact) mass is 522 g/mol. The summed E-state index contributed by atoms with van der Waals surface area (Å²) in [5, 5.41) is 2.86. The largest absolute Gasteiger partial charge is 0.351 e. The van der Waals surface area contributed by atoms with Gasteiger partial charge in [-0.25, -0.2) is 0 Å². The Balaban J connectivity index is 1.32. The van der Waals surface area contributed by atoms with Crippen molar-refractivity contribution in [3.05, 3.63) is 31.8 Å². The highest BCUT2D eigenvalue weighted by molar-refractivity contribution is 8.06. The third-order valence-electron chi connectivity index (χ3n) is 7.24. The van der Waals surface area contributed by atoms with Crippen molar-refractivity contribution >= 4 is 52.4 Å². The minimum absolute atomic E-state index is 0.0160. The highest BCUT2D eigenvalue weighted by atomic mass is 35.5. The number of thioether (sulfide) groups is 1. The van der Waals surface area contributed by atoms with Crippen LogP contribution in [0.4, 0.5) is 0 Å². The van der Waals surface area contributed by atoms with Crippen LogP contribution in [0, 0.1) is 0 Å². The molecule has 4 aliphatic heterocycles. The number of hydrogen-bond acceptors (Lipinski definition) is 6. The van der Waals surface area contributed by atoms with E-state index in [0.717, 1.165) is 51.9 Å². The molecule has 1 aromatic rings. The van der Waals surface area contributed by atoms with Crippen molar-refractivity contribution in [2.24, 2.45) is 0 Å². The molecule has 1 aromatic heterocycles. The molecule has 10 heteroatoms. The fourth-order valence-corrected chi connectivity index (χ4v) is 7.69. The molecule has 1 N–H and O–H groups in total. The second-order valence-electron chi connectivity index (χ2n) is 9.66. The number of carbonyl (C=O) groups is 3. The standard InChI is InChI=1S/C24H31ClN4O3S2/c1-27-10-6-15-12-20(33-18(15)7-11-27)24(32)29-14-16(26-22(30)19-4-5-21(25)34-19)13-17(29)23(31)28-8-2-3-9-28/h5,12,16-17,19H,2-4,6-11,13-14H2,1H3,(H,26,30)/t16-,17?,19?/m1/s1. The van der Waals surface area contributed by atoms with E-state index in [4.69, 9.17) is 11.6 Å². The maximum absolute atomic E-state index is 13.7. The zero-order valence-corrected chi connectivity index (χ0v) is 21.8. The van der Waals surface area contributed by atoms with Gasteiger partial charge in [-0.05, 0) is 57.2 Å². The van der Waals surface area contributed by atoms with Gasteiger partial charge in [0.05, 0.1) is 14.5 Å². The van der Waals surface area contributed by atoms with Gasteiger partial charge in [-0.3, -0.25) is 14.4 Å². The predicted octanol–water partition coefficient (Wildman–Crippen LogP) is 2.69. The molecule has 2 fully saturated rings. The van der Waals surface area contributed by atoms with Gasteiger partial charge >= 0.3 is 0 Å². The molecule has 0 radical (unpaired) electrons. The minimum atomic E-state index is -0.526. The molecular formula is C24H31ClN4O3S2. The third kappa shape index (κ3) is 5.03. The lowest BCUT2D eigenvalue weighted by molar-refractivity contribution is -0.134. The molecule has 0 aliphatic carbocycles. The van der Waals surface area contributed by atoms with Crippen molar-refractivity contribution < 1.29 is 14.4 Å². The number of allylic oxidation sites excluding steroid dienone is 1. The van der Waals surface area contributed by atoms with E-state index in [1.165, 1.54) is 22.2 Å². The van der Waals surface area contributed by atoms with Gasteiger partial charge in [-0.15, -0.1) is 23.1 Å². The Bertz CT molecular complexity index is 981. The van der Waals surface area contributed by atoms with Crippen LogP contribution in [-0.2, 0) is 22.4 Å². The number of likely N-dealkylation sites (tertiary alicyclic amines) is 2. The summed E-state index contributed by atoms with van der Waals surface area (Å²) < 4.78 is 0.647. The molecule has 0 spiro atoms. The minimum Gasteiger partial charge on any atom is -0.351 e. The van der Waals surface area contributed by atoms with E-state index in [0.29, 0.717) is 28.6 Å². The molecule has 7 nitrogen and oxygen atoms in total. The molecule has 4 aliphatic rings. The van der Waals surface area contributed by atoms with Crippen LogP contribution in [-0.4, -0.2) is 89.5 Å². The fraction of sp³-hybridized carbons (Fsp3) is 0.625.